The van der Waals surface area contributed by atoms with E-state index in [1.807, 2.05) is 6.92 Å². The summed E-state index contributed by atoms with van der Waals surface area (Å²) < 4.78 is 15.9. The third kappa shape index (κ3) is 3.01. The zero-order chi connectivity index (χ0) is 11.2. The van der Waals surface area contributed by atoms with Crippen LogP contribution < -0.4 is 11.5 Å². The third-order valence-corrected chi connectivity index (χ3v) is 5.59. The molecule has 0 spiro atoms. The maximum Gasteiger partial charge on any atom is 0.518 e. The lowest BCUT2D eigenvalue weighted by molar-refractivity contribution is 0.104. The minimum Gasteiger partial charge on any atom is -0.376 e. The molecule has 0 aliphatic heterocycles. The number of rotatable bonds is 7. The van der Waals surface area contributed by atoms with Crippen molar-refractivity contribution in [3.63, 3.8) is 0 Å². The van der Waals surface area contributed by atoms with Crippen LogP contribution in [0.15, 0.2) is 0 Å². The quantitative estimate of drug-likeness (QED) is 0.579. The Labute approximate surface area is 87.1 Å². The molecule has 0 aliphatic carbocycles. The van der Waals surface area contributed by atoms with E-state index < -0.39 is 8.80 Å². The summed E-state index contributed by atoms with van der Waals surface area (Å²) in [7, 11) is 1.99. The van der Waals surface area contributed by atoms with Gasteiger partial charge in [0, 0.05) is 21.3 Å². The molecule has 86 valence electrons. The van der Waals surface area contributed by atoms with Crippen LogP contribution in [-0.2, 0) is 13.3 Å². The summed E-state index contributed by atoms with van der Waals surface area (Å²) in [4.78, 5) is 0. The van der Waals surface area contributed by atoms with Crippen molar-refractivity contribution in [1.29, 1.82) is 0 Å². The fraction of sp³-hybridized carbons (Fsp3) is 1.00. The van der Waals surface area contributed by atoms with Gasteiger partial charge in [0.25, 0.3) is 0 Å². The van der Waals surface area contributed by atoms with Crippen molar-refractivity contribution in [2.75, 3.05) is 27.9 Å². The molecule has 0 saturated carbocycles. The molecule has 6 heteroatoms. The molecule has 2 unspecified atom stereocenters. The molecule has 0 bridgehead atoms. The summed E-state index contributed by atoms with van der Waals surface area (Å²) in [6, 6.07) is 0. The Morgan fingerprint density at radius 3 is 1.86 bits per heavy atom. The van der Waals surface area contributed by atoms with E-state index in [0.717, 1.165) is 6.42 Å². The number of hydrogen-bond acceptors (Lipinski definition) is 5. The molecule has 0 aromatic heterocycles. The van der Waals surface area contributed by atoms with Crippen molar-refractivity contribution >= 4 is 8.80 Å². The Morgan fingerprint density at radius 2 is 1.57 bits per heavy atom. The van der Waals surface area contributed by atoms with Crippen LogP contribution in [-0.4, -0.2) is 42.3 Å². The molecule has 14 heavy (non-hydrogen) atoms. The van der Waals surface area contributed by atoms with E-state index in [-0.39, 0.29) is 11.6 Å². The Balaban J connectivity index is 4.48. The maximum absolute atomic E-state index is 6.05. The maximum atomic E-state index is 6.05. The second-order valence-electron chi connectivity index (χ2n) is 3.30. The molecule has 0 aromatic carbocycles. The molecule has 0 aromatic rings. The second-order valence-corrected chi connectivity index (χ2v) is 6.39. The average Bonchev–Trinajstić information content (AvgIpc) is 2.21. The van der Waals surface area contributed by atoms with E-state index in [1.54, 1.807) is 21.3 Å². The van der Waals surface area contributed by atoms with E-state index in [2.05, 4.69) is 0 Å². The zero-order valence-electron chi connectivity index (χ0n) is 9.45. The van der Waals surface area contributed by atoms with Crippen LogP contribution in [0.25, 0.3) is 0 Å². The molecule has 0 fully saturated rings. The van der Waals surface area contributed by atoms with Gasteiger partial charge in [0.1, 0.15) is 0 Å². The lowest BCUT2D eigenvalue weighted by atomic mass is 10.1. The minimum atomic E-state index is -2.70. The lowest BCUT2D eigenvalue weighted by Crippen LogP contribution is -2.61. The highest BCUT2D eigenvalue weighted by Crippen LogP contribution is 2.18. The monoisotopic (exact) mass is 222 g/mol. The van der Waals surface area contributed by atoms with Crippen molar-refractivity contribution in [3.05, 3.63) is 0 Å². The van der Waals surface area contributed by atoms with Crippen LogP contribution in [0.1, 0.15) is 13.3 Å². The van der Waals surface area contributed by atoms with Crippen LogP contribution in [0.2, 0.25) is 0 Å². The van der Waals surface area contributed by atoms with Gasteiger partial charge in [-0.2, -0.15) is 0 Å². The van der Waals surface area contributed by atoms with Gasteiger partial charge in [-0.25, -0.2) is 0 Å². The number of hydrogen-bond donors (Lipinski definition) is 2. The molecule has 0 rings (SSSR count). The van der Waals surface area contributed by atoms with Gasteiger partial charge in [0.15, 0.2) is 0 Å². The van der Waals surface area contributed by atoms with Gasteiger partial charge in [-0.1, -0.05) is 6.92 Å². The Bertz CT molecular complexity index is 147. The van der Waals surface area contributed by atoms with E-state index in [9.17, 15) is 0 Å². The van der Waals surface area contributed by atoms with Gasteiger partial charge in [-0.15, -0.1) is 0 Å². The molecule has 0 amide bonds. The summed E-state index contributed by atoms with van der Waals surface area (Å²) in [5, 5.41) is 0. The first kappa shape index (κ1) is 14.0. The first-order valence-electron chi connectivity index (χ1n) is 4.69. The van der Waals surface area contributed by atoms with Gasteiger partial charge in [0.2, 0.25) is 0 Å². The van der Waals surface area contributed by atoms with Crippen molar-refractivity contribution in [2.24, 2.45) is 17.4 Å². The molecular weight excluding hydrogens is 200 g/mol. The molecule has 5 nitrogen and oxygen atoms in total. The van der Waals surface area contributed by atoms with E-state index in [4.69, 9.17) is 24.7 Å². The summed E-state index contributed by atoms with van der Waals surface area (Å²) in [6.07, 6.45) is 0.839. The van der Waals surface area contributed by atoms with Crippen molar-refractivity contribution in [1.82, 2.24) is 0 Å². The summed E-state index contributed by atoms with van der Waals surface area (Å²) >= 11 is 0. The third-order valence-electron chi connectivity index (χ3n) is 2.50. The molecule has 0 radical (unpaired) electrons. The average molecular weight is 222 g/mol. The van der Waals surface area contributed by atoms with Gasteiger partial charge in [-0.05, 0) is 18.9 Å². The Kier molecular flexibility index (Phi) is 6.50. The fourth-order valence-electron chi connectivity index (χ4n) is 1.45. The topological polar surface area (TPSA) is 79.7 Å². The predicted molar refractivity (Wildman–Crippen MR) is 57.6 cm³/mol. The highest BCUT2D eigenvalue weighted by molar-refractivity contribution is 6.62. The standard InChI is InChI=1S/C8H22N2O3Si/c1-7(5-6-9)8(10)14(11-2,12-3)13-4/h7-8H,5-6,9-10H2,1-4H3. The van der Waals surface area contributed by atoms with E-state index in [0.29, 0.717) is 6.54 Å². The summed E-state index contributed by atoms with van der Waals surface area (Å²) in [5.74, 6) is 0.228. The first-order valence-corrected chi connectivity index (χ1v) is 6.49. The van der Waals surface area contributed by atoms with Gasteiger partial charge in [0.05, 0.1) is 5.67 Å². The smallest absolute Gasteiger partial charge is 0.376 e. The highest BCUT2D eigenvalue weighted by atomic mass is 28.4. The molecule has 0 saturated heterocycles. The Morgan fingerprint density at radius 1 is 1.14 bits per heavy atom. The minimum absolute atomic E-state index is 0.228. The van der Waals surface area contributed by atoms with Crippen LogP contribution in [0.3, 0.4) is 0 Å². The van der Waals surface area contributed by atoms with Crippen molar-refractivity contribution in [3.8, 4) is 0 Å². The molecular formula is C8H22N2O3Si. The summed E-state index contributed by atoms with van der Waals surface area (Å²) in [5.41, 5.74) is 11.3. The zero-order valence-corrected chi connectivity index (χ0v) is 10.4. The van der Waals surface area contributed by atoms with E-state index >= 15 is 0 Å². The first-order chi connectivity index (χ1) is 6.57. The summed E-state index contributed by atoms with van der Waals surface area (Å²) in [6.45, 7) is 2.63. The van der Waals surface area contributed by atoms with Crippen LogP contribution >= 0.6 is 0 Å². The Hall–Kier alpha value is 0.0169. The molecule has 4 N–H and O–H groups in total. The molecule has 0 aliphatic rings. The van der Waals surface area contributed by atoms with Gasteiger partial charge < -0.3 is 24.7 Å². The number of nitrogens with two attached hydrogens (primary N) is 2. The van der Waals surface area contributed by atoms with Crippen LogP contribution in [0, 0.1) is 5.92 Å². The van der Waals surface area contributed by atoms with Crippen LogP contribution in [0.5, 0.6) is 0 Å². The molecule has 0 heterocycles. The van der Waals surface area contributed by atoms with Gasteiger partial charge in [-0.3, -0.25) is 0 Å². The largest absolute Gasteiger partial charge is 0.518 e. The predicted octanol–water partition coefficient (Wildman–Crippen LogP) is -0.284. The van der Waals surface area contributed by atoms with E-state index in [1.165, 1.54) is 0 Å². The van der Waals surface area contributed by atoms with Crippen LogP contribution in [0.4, 0.5) is 0 Å². The second kappa shape index (κ2) is 6.49. The normalized spacial score (nSPS) is 16.7. The fourth-order valence-corrected chi connectivity index (χ4v) is 3.63. The highest BCUT2D eigenvalue weighted by Gasteiger charge is 2.47. The molecule has 2 atom stereocenters. The lowest BCUT2D eigenvalue weighted by Gasteiger charge is -2.33. The SMILES string of the molecule is CO[Si](OC)(OC)C(N)C(C)CCN. The van der Waals surface area contributed by atoms with Gasteiger partial charge >= 0.3 is 8.80 Å². The van der Waals surface area contributed by atoms with Crippen molar-refractivity contribution in [2.45, 2.75) is 19.0 Å². The van der Waals surface area contributed by atoms with Crippen molar-refractivity contribution < 1.29 is 13.3 Å².